The molecule has 174 valence electrons. The summed E-state index contributed by atoms with van der Waals surface area (Å²) >= 11 is -2.55. The van der Waals surface area contributed by atoms with E-state index in [4.69, 9.17) is 9.67 Å². The van der Waals surface area contributed by atoms with Crippen LogP contribution in [0.4, 0.5) is 0 Å². The molecule has 3 unspecified atom stereocenters. The minimum Gasteiger partial charge on any atom is -0.750 e. The lowest BCUT2D eigenvalue weighted by Gasteiger charge is -2.61. The molecule has 0 aromatic rings. The summed E-state index contributed by atoms with van der Waals surface area (Å²) in [6.45, 7) is 0.769. The smallest absolute Gasteiger partial charge is 0.397 e. The first-order valence-electron chi connectivity index (χ1n) is 13.3. The molecule has 4 fully saturated rings. The highest BCUT2D eigenvalue weighted by Gasteiger charge is 2.61. The third kappa shape index (κ3) is 4.03. The highest BCUT2D eigenvalue weighted by atomic mass is 32.3. The molecule has 4 rings (SSSR count). The molecule has 4 saturated carbocycles. The Kier molecular flexibility index (Phi) is 4.68. The second-order valence-corrected chi connectivity index (χ2v) is 11.8. The molecular weight excluding hydrogens is 428 g/mol. The first-order chi connectivity index (χ1) is 15.9. The van der Waals surface area contributed by atoms with Crippen LogP contribution < -0.4 is 0 Å². The van der Waals surface area contributed by atoms with Crippen LogP contribution >= 0.6 is 0 Å². The van der Waals surface area contributed by atoms with Gasteiger partial charge in [0.05, 0.1) is 24.9 Å². The van der Waals surface area contributed by atoms with Gasteiger partial charge in [-0.1, -0.05) is 13.8 Å². The average molecular weight is 469 g/mol. The third-order valence-electron chi connectivity index (χ3n) is 9.08. The van der Waals surface area contributed by atoms with E-state index in [0.717, 1.165) is 19.3 Å². The second kappa shape index (κ2) is 8.06. The van der Waals surface area contributed by atoms with Crippen LogP contribution in [0, 0.1) is 40.4 Å². The number of hydrogen-bond acceptors (Lipinski definition) is 6. The van der Waals surface area contributed by atoms with Crippen molar-refractivity contribution in [2.24, 2.45) is 40.4 Å². The lowest BCUT2D eigenvalue weighted by molar-refractivity contribution is -0.128. The standard InChI is InChI=1S/C21H36O7S2/c1-13(28-30(24,25)26)17-6-7-18-16-5-4-14-12-15(27-29(22)23)8-10-20(14,2)19(16)9-11-21(17,18)3/h13-19H,4-12H2,1-3H3,(H,22,23)(H,24,25,26)/p-1/t13?,14?,15-,16-,17+,18-,19-,20-,21+/m0/s1/i1D3,13D,17D. The zero-order valence-corrected chi connectivity index (χ0v) is 19.1. The number of fused-ring (bicyclic) bond motifs is 5. The molecule has 0 saturated heterocycles. The molecule has 0 radical (unpaired) electrons. The largest absolute Gasteiger partial charge is 0.750 e. The van der Waals surface area contributed by atoms with Crippen molar-refractivity contribution in [3.63, 3.8) is 0 Å². The van der Waals surface area contributed by atoms with Crippen LogP contribution in [0.3, 0.4) is 0 Å². The molecule has 0 aromatic carbocycles. The van der Waals surface area contributed by atoms with E-state index in [0.29, 0.717) is 43.9 Å². The molecule has 0 aromatic heterocycles. The van der Waals surface area contributed by atoms with Gasteiger partial charge in [0.25, 0.3) is 0 Å². The fraction of sp³-hybridized carbons (Fsp3) is 1.00. The van der Waals surface area contributed by atoms with Crippen molar-refractivity contribution in [1.29, 1.82) is 0 Å². The Labute approximate surface area is 190 Å². The number of rotatable bonds is 5. The van der Waals surface area contributed by atoms with E-state index in [9.17, 15) is 23.1 Å². The zero-order chi connectivity index (χ0) is 26.2. The fourth-order valence-electron chi connectivity index (χ4n) is 7.76. The van der Waals surface area contributed by atoms with Gasteiger partial charge in [-0.25, -0.2) is 8.39 Å². The maximum Gasteiger partial charge on any atom is 0.397 e. The zero-order valence-electron chi connectivity index (χ0n) is 22.5. The van der Waals surface area contributed by atoms with Crippen LogP contribution in [0.2, 0.25) is 0 Å². The van der Waals surface area contributed by atoms with Crippen LogP contribution in [-0.4, -0.2) is 33.9 Å². The minimum absolute atomic E-state index is 0.0137. The Balaban J connectivity index is 1.64. The predicted molar refractivity (Wildman–Crippen MR) is 111 cm³/mol. The Morgan fingerprint density at radius 1 is 1.17 bits per heavy atom. The lowest BCUT2D eigenvalue weighted by atomic mass is 9.44. The topological polar surface area (TPSA) is 113 Å². The molecule has 0 heterocycles. The first-order valence-corrected chi connectivity index (χ1v) is 13.2. The minimum atomic E-state index is -5.29. The Bertz CT molecular complexity index is 980. The van der Waals surface area contributed by atoms with Crippen molar-refractivity contribution in [3.8, 4) is 0 Å². The van der Waals surface area contributed by atoms with Gasteiger partial charge in [0.15, 0.2) is 0 Å². The van der Waals surface area contributed by atoms with Gasteiger partial charge in [-0.15, -0.1) is 0 Å². The summed E-state index contributed by atoms with van der Waals surface area (Å²) in [5.74, 6) is -1.37. The number of hydrogen-bond donors (Lipinski definition) is 1. The van der Waals surface area contributed by atoms with E-state index in [1.807, 2.05) is 0 Å². The van der Waals surface area contributed by atoms with E-state index < -0.39 is 46.0 Å². The lowest BCUT2D eigenvalue weighted by Crippen LogP contribution is -2.54. The monoisotopic (exact) mass is 468 g/mol. The highest BCUT2D eigenvalue weighted by Crippen LogP contribution is 2.68. The molecular formula is C21H35O7S2-. The fourth-order valence-corrected chi connectivity index (χ4v) is 8.47. The summed E-state index contributed by atoms with van der Waals surface area (Å²) < 4.78 is 106. The maximum atomic E-state index is 11.6. The Morgan fingerprint density at radius 2 is 1.87 bits per heavy atom. The van der Waals surface area contributed by atoms with E-state index >= 15 is 0 Å². The van der Waals surface area contributed by atoms with Crippen molar-refractivity contribution < 1.29 is 37.0 Å². The van der Waals surface area contributed by atoms with Gasteiger partial charge in [0.2, 0.25) is 0 Å². The molecule has 10 atom stereocenters. The van der Waals surface area contributed by atoms with E-state index in [1.54, 1.807) is 6.92 Å². The molecule has 0 aliphatic heterocycles. The summed E-state index contributed by atoms with van der Waals surface area (Å²) in [6.07, 6.45) is 2.00. The summed E-state index contributed by atoms with van der Waals surface area (Å²) in [6, 6.07) is 0. The van der Waals surface area contributed by atoms with E-state index in [2.05, 4.69) is 11.1 Å². The summed E-state index contributed by atoms with van der Waals surface area (Å²) in [4.78, 5) is 0. The van der Waals surface area contributed by atoms with Gasteiger partial charge in [-0.2, -0.15) is 8.42 Å². The van der Waals surface area contributed by atoms with Crippen LogP contribution in [-0.2, 0) is 30.1 Å². The van der Waals surface area contributed by atoms with E-state index in [1.165, 1.54) is 0 Å². The van der Waals surface area contributed by atoms with Crippen LogP contribution in [0.1, 0.15) is 85.3 Å². The molecule has 7 nitrogen and oxygen atoms in total. The highest BCUT2D eigenvalue weighted by molar-refractivity contribution is 7.80. The summed E-state index contributed by atoms with van der Waals surface area (Å²) in [7, 11) is -5.29. The molecule has 9 heteroatoms. The van der Waals surface area contributed by atoms with Crippen molar-refractivity contribution in [2.75, 3.05) is 0 Å². The molecule has 4 aliphatic carbocycles. The van der Waals surface area contributed by atoms with Crippen LogP contribution in [0.15, 0.2) is 0 Å². The molecule has 0 amide bonds. The Hall–Kier alpha value is -0.0600. The first kappa shape index (κ1) is 17.4. The van der Waals surface area contributed by atoms with Gasteiger partial charge < -0.3 is 4.55 Å². The quantitative estimate of drug-likeness (QED) is 0.478. The predicted octanol–water partition coefficient (Wildman–Crippen LogP) is 4.03. The van der Waals surface area contributed by atoms with Gasteiger partial charge in [-0.05, 0) is 105 Å². The van der Waals surface area contributed by atoms with Gasteiger partial charge in [0, 0.05) is 5.48 Å². The third-order valence-corrected chi connectivity index (χ3v) is 9.89. The Morgan fingerprint density at radius 3 is 2.53 bits per heavy atom. The average Bonchev–Trinajstić information content (AvgIpc) is 2.98. The van der Waals surface area contributed by atoms with Gasteiger partial charge in [0.1, 0.15) is 0 Å². The second-order valence-electron chi connectivity index (χ2n) is 10.2. The van der Waals surface area contributed by atoms with Crippen LogP contribution in [0.25, 0.3) is 0 Å². The van der Waals surface area contributed by atoms with Crippen molar-refractivity contribution in [1.82, 2.24) is 0 Å². The van der Waals surface area contributed by atoms with Crippen molar-refractivity contribution >= 4 is 21.8 Å². The normalized spacial score (nSPS) is 54.7. The maximum absolute atomic E-state index is 11.6. The van der Waals surface area contributed by atoms with Gasteiger partial charge >= 0.3 is 10.4 Å². The van der Waals surface area contributed by atoms with Gasteiger partial charge in [-0.3, -0.25) is 8.74 Å². The summed E-state index contributed by atoms with van der Waals surface area (Å²) in [5.41, 5.74) is -1.02. The van der Waals surface area contributed by atoms with Crippen molar-refractivity contribution in [2.45, 2.75) is 90.7 Å². The molecule has 1 N–H and O–H groups in total. The van der Waals surface area contributed by atoms with E-state index in [-0.39, 0.29) is 29.8 Å². The SMILES string of the molecule is [2H]C([2H])([2H])C([2H])(OS(=O)(=O)O)[C@@]1([2H])CC[C@H]2[C@@H]3CCC4C[C@@H](OS(=O)[O-])CC[C@]4(C)[C@H]3CC[C@@]21C. The molecule has 0 spiro atoms. The molecule has 0 bridgehead atoms. The van der Waals surface area contributed by atoms with Crippen LogP contribution in [0.5, 0.6) is 0 Å². The summed E-state index contributed by atoms with van der Waals surface area (Å²) in [5, 5.41) is 0. The molecule has 4 aliphatic rings. The van der Waals surface area contributed by atoms with Crippen molar-refractivity contribution in [3.05, 3.63) is 0 Å². The molecule has 30 heavy (non-hydrogen) atoms.